The molecule has 1 rings (SSSR count). The molecule has 0 saturated heterocycles. The van der Waals surface area contributed by atoms with Gasteiger partial charge in [-0.05, 0) is 24.8 Å². The van der Waals surface area contributed by atoms with Crippen LogP contribution in [0.3, 0.4) is 0 Å². The zero-order valence-electron chi connectivity index (χ0n) is 9.89. The van der Waals surface area contributed by atoms with Gasteiger partial charge in [0, 0.05) is 11.6 Å². The van der Waals surface area contributed by atoms with Crippen LogP contribution >= 0.6 is 0 Å². The summed E-state index contributed by atoms with van der Waals surface area (Å²) in [6.45, 7) is 3.10. The highest BCUT2D eigenvalue weighted by Crippen LogP contribution is 2.13. The summed E-state index contributed by atoms with van der Waals surface area (Å²) in [6, 6.07) is 2.43. The number of aliphatic carboxylic acids is 1. The van der Waals surface area contributed by atoms with Crippen LogP contribution in [0.15, 0.2) is 12.1 Å². The van der Waals surface area contributed by atoms with E-state index < -0.39 is 22.3 Å². The summed E-state index contributed by atoms with van der Waals surface area (Å²) in [5.41, 5.74) is -0.928. The maximum absolute atomic E-state index is 11.7. The number of hydrogen-bond acceptors (Lipinski definition) is 4. The van der Waals surface area contributed by atoms with Gasteiger partial charge in [0.05, 0.1) is 6.42 Å². The Labute approximate surface area is 102 Å². The van der Waals surface area contributed by atoms with Gasteiger partial charge in [-0.3, -0.25) is 9.59 Å². The molecule has 0 saturated carbocycles. The average molecular weight is 255 g/mol. The lowest BCUT2D eigenvalue weighted by atomic mass is 10.0. The predicted molar refractivity (Wildman–Crippen MR) is 61.2 cm³/mol. The number of carboxylic acid groups (broad SMARTS) is 1. The van der Waals surface area contributed by atoms with Crippen LogP contribution in [0.5, 0.6) is 0 Å². The number of H-pyrrole nitrogens is 1. The maximum Gasteiger partial charge on any atom is 0.321 e. The minimum absolute atomic E-state index is 0.0140. The van der Waals surface area contributed by atoms with Gasteiger partial charge in [0.2, 0.25) is 0 Å². The lowest BCUT2D eigenvalue weighted by Crippen LogP contribution is -2.45. The predicted octanol–water partition coefficient (Wildman–Crippen LogP) is 0.906. The van der Waals surface area contributed by atoms with Crippen molar-refractivity contribution in [2.24, 2.45) is 0 Å². The lowest BCUT2D eigenvalue weighted by molar-refractivity contribution is -0.389. The molecule has 0 spiro atoms. The van der Waals surface area contributed by atoms with E-state index in [4.69, 9.17) is 5.11 Å². The molecule has 98 valence electrons. The Balaban J connectivity index is 2.75. The van der Waals surface area contributed by atoms with Gasteiger partial charge in [0.25, 0.3) is 5.91 Å². The summed E-state index contributed by atoms with van der Waals surface area (Å²) in [5.74, 6) is -1.93. The number of carbonyl (C=O) groups excluding carboxylic acids is 1. The first-order valence-corrected chi connectivity index (χ1v) is 5.09. The number of carbonyl (C=O) groups is 2. The number of aromatic nitrogens is 1. The van der Waals surface area contributed by atoms with Gasteiger partial charge in [-0.25, -0.2) is 4.98 Å². The van der Waals surface area contributed by atoms with Crippen LogP contribution < -0.4 is 5.32 Å². The molecule has 8 heteroatoms. The zero-order valence-corrected chi connectivity index (χ0v) is 9.89. The molecule has 3 N–H and O–H groups in total. The Bertz CT molecular complexity index is 491. The fourth-order valence-corrected chi connectivity index (χ4v) is 1.42. The topological polar surface area (TPSA) is 125 Å². The van der Waals surface area contributed by atoms with Crippen LogP contribution in [0.2, 0.25) is 0 Å². The number of nitrogens with zero attached hydrogens (tertiary/aromatic N) is 1. The Morgan fingerprint density at radius 2 is 2.11 bits per heavy atom. The van der Waals surface area contributed by atoms with E-state index in [0.29, 0.717) is 0 Å². The van der Waals surface area contributed by atoms with Crippen molar-refractivity contribution in [2.75, 3.05) is 0 Å². The van der Waals surface area contributed by atoms with Crippen LogP contribution in [0.1, 0.15) is 30.8 Å². The van der Waals surface area contributed by atoms with Crippen molar-refractivity contribution < 1.29 is 19.6 Å². The summed E-state index contributed by atoms with van der Waals surface area (Å²) >= 11 is 0. The molecule has 0 bridgehead atoms. The van der Waals surface area contributed by atoms with Gasteiger partial charge >= 0.3 is 11.8 Å². The molecule has 0 unspecified atom stereocenters. The van der Waals surface area contributed by atoms with E-state index in [2.05, 4.69) is 10.3 Å². The maximum atomic E-state index is 11.7. The fraction of sp³-hybridized carbons (Fsp3) is 0.400. The van der Waals surface area contributed by atoms with E-state index in [0.717, 1.165) is 0 Å². The molecule has 1 aromatic rings. The molecule has 1 amide bonds. The van der Waals surface area contributed by atoms with Crippen LogP contribution in [-0.4, -0.2) is 32.4 Å². The molecule has 18 heavy (non-hydrogen) atoms. The van der Waals surface area contributed by atoms with E-state index in [1.54, 1.807) is 13.8 Å². The molecule has 0 aliphatic heterocycles. The molecule has 0 fully saturated rings. The summed E-state index contributed by atoms with van der Waals surface area (Å²) in [6.07, 6.45) is -0.248. The molecule has 0 atom stereocenters. The zero-order chi connectivity index (χ0) is 13.9. The first kappa shape index (κ1) is 13.7. The van der Waals surface area contributed by atoms with Crippen molar-refractivity contribution in [3.05, 3.63) is 27.9 Å². The summed E-state index contributed by atoms with van der Waals surface area (Å²) < 4.78 is 0. The Kier molecular flexibility index (Phi) is 3.70. The number of carboxylic acids is 1. The van der Waals surface area contributed by atoms with Gasteiger partial charge in [0.15, 0.2) is 5.69 Å². The Morgan fingerprint density at radius 1 is 1.50 bits per heavy atom. The second kappa shape index (κ2) is 4.86. The molecule has 0 aliphatic rings. The monoisotopic (exact) mass is 255 g/mol. The summed E-state index contributed by atoms with van der Waals surface area (Å²) in [7, 11) is 0. The van der Waals surface area contributed by atoms with Crippen LogP contribution in [-0.2, 0) is 4.79 Å². The molecular weight excluding hydrogens is 242 g/mol. The van der Waals surface area contributed by atoms with Gasteiger partial charge < -0.3 is 20.5 Å². The smallest absolute Gasteiger partial charge is 0.321 e. The number of rotatable bonds is 5. The van der Waals surface area contributed by atoms with Crippen molar-refractivity contribution in [1.29, 1.82) is 0 Å². The van der Waals surface area contributed by atoms with E-state index in [1.807, 2.05) is 0 Å². The highest BCUT2D eigenvalue weighted by Gasteiger charge is 2.26. The first-order valence-electron chi connectivity index (χ1n) is 5.09. The van der Waals surface area contributed by atoms with Crippen molar-refractivity contribution in [3.8, 4) is 0 Å². The molecule has 8 nitrogen and oxygen atoms in total. The lowest BCUT2D eigenvalue weighted by Gasteiger charge is -2.23. The minimum atomic E-state index is -1.04. The van der Waals surface area contributed by atoms with Crippen molar-refractivity contribution in [1.82, 2.24) is 10.3 Å². The highest BCUT2D eigenvalue weighted by atomic mass is 16.6. The van der Waals surface area contributed by atoms with Gasteiger partial charge in [-0.15, -0.1) is 0 Å². The highest BCUT2D eigenvalue weighted by molar-refractivity contribution is 5.93. The quantitative estimate of drug-likeness (QED) is 0.532. The minimum Gasteiger partial charge on any atom is -0.481 e. The third kappa shape index (κ3) is 3.58. The summed E-state index contributed by atoms with van der Waals surface area (Å²) in [4.78, 5) is 34.4. The van der Waals surface area contributed by atoms with E-state index >= 15 is 0 Å². The van der Waals surface area contributed by atoms with Gasteiger partial charge in [0.1, 0.15) is 0 Å². The first-order chi connectivity index (χ1) is 8.21. The SMILES string of the molecule is CC(C)(CC(=O)O)NC(=O)c1ccc([N+](=O)[O-])[nH]1. The van der Waals surface area contributed by atoms with E-state index in [9.17, 15) is 19.7 Å². The second-order valence-electron chi connectivity index (χ2n) is 4.42. The van der Waals surface area contributed by atoms with Gasteiger partial charge in [-0.1, -0.05) is 0 Å². The van der Waals surface area contributed by atoms with Crippen LogP contribution in [0.25, 0.3) is 0 Å². The second-order valence-corrected chi connectivity index (χ2v) is 4.42. The standard InChI is InChI=1S/C10H13N3O5/c1-10(2,5-8(14)15)12-9(16)6-3-4-7(11-6)13(17)18/h3-4,11H,5H2,1-2H3,(H,12,16)(H,14,15). The average Bonchev–Trinajstić information content (AvgIpc) is 2.62. The number of amides is 1. The Hall–Kier alpha value is -2.38. The number of nitro groups is 1. The number of nitrogens with one attached hydrogen (secondary N) is 2. The van der Waals surface area contributed by atoms with Crippen molar-refractivity contribution in [2.45, 2.75) is 25.8 Å². The summed E-state index contributed by atoms with van der Waals surface area (Å²) in [5, 5.41) is 21.6. The molecule has 0 aromatic carbocycles. The molecule has 1 heterocycles. The third-order valence-electron chi connectivity index (χ3n) is 2.16. The Morgan fingerprint density at radius 3 is 2.56 bits per heavy atom. The normalized spacial score (nSPS) is 11.0. The fourth-order valence-electron chi connectivity index (χ4n) is 1.42. The number of aromatic amines is 1. The number of hydrogen-bond donors (Lipinski definition) is 3. The third-order valence-corrected chi connectivity index (χ3v) is 2.16. The molecular formula is C10H13N3O5. The molecule has 0 aliphatic carbocycles. The van der Waals surface area contributed by atoms with Crippen molar-refractivity contribution in [3.63, 3.8) is 0 Å². The molecule has 0 radical (unpaired) electrons. The molecule has 1 aromatic heterocycles. The van der Waals surface area contributed by atoms with Crippen molar-refractivity contribution >= 4 is 17.7 Å². The van der Waals surface area contributed by atoms with E-state index in [-0.39, 0.29) is 17.9 Å². The van der Waals surface area contributed by atoms with Crippen LogP contribution in [0.4, 0.5) is 5.82 Å². The van der Waals surface area contributed by atoms with Gasteiger partial charge in [-0.2, -0.15) is 0 Å². The van der Waals surface area contributed by atoms with Crippen LogP contribution in [0, 0.1) is 10.1 Å². The largest absolute Gasteiger partial charge is 0.481 e. The van der Waals surface area contributed by atoms with E-state index in [1.165, 1.54) is 12.1 Å².